The van der Waals surface area contributed by atoms with Gasteiger partial charge in [0.05, 0.1) is 0 Å². The summed E-state index contributed by atoms with van der Waals surface area (Å²) in [5.74, 6) is 4.82. The zero-order valence-electron chi connectivity index (χ0n) is 13.4. The Labute approximate surface area is 111 Å². The molecule has 1 rings (SSSR count). The Hall–Kier alpha value is 0. The molecule has 3 atom stereocenters. The predicted molar refractivity (Wildman–Crippen MR) is 80.3 cm³/mol. The molecule has 0 aromatic heterocycles. The summed E-state index contributed by atoms with van der Waals surface area (Å²) in [7, 11) is 0. The van der Waals surface area contributed by atoms with Crippen LogP contribution >= 0.6 is 0 Å². The van der Waals surface area contributed by atoms with Crippen molar-refractivity contribution in [2.24, 2.45) is 29.6 Å². The number of hydrogen-bond donors (Lipinski definition) is 0. The Morgan fingerprint density at radius 2 is 1.35 bits per heavy atom. The third-order valence-corrected chi connectivity index (χ3v) is 4.46. The molecule has 0 bridgehead atoms. The van der Waals surface area contributed by atoms with E-state index >= 15 is 0 Å². The van der Waals surface area contributed by atoms with Crippen molar-refractivity contribution in [3.8, 4) is 0 Å². The maximum Gasteiger partial charge on any atom is -0.0386 e. The van der Waals surface area contributed by atoms with Gasteiger partial charge in [0, 0.05) is 0 Å². The van der Waals surface area contributed by atoms with Gasteiger partial charge in [-0.15, -0.1) is 0 Å². The second-order valence-electron chi connectivity index (χ2n) is 6.53. The van der Waals surface area contributed by atoms with E-state index in [1.54, 1.807) is 0 Å². The van der Waals surface area contributed by atoms with Gasteiger partial charge >= 0.3 is 0 Å². The van der Waals surface area contributed by atoms with E-state index in [-0.39, 0.29) is 0 Å². The molecule has 0 aromatic carbocycles. The maximum absolute atomic E-state index is 2.48. The highest BCUT2D eigenvalue weighted by Crippen LogP contribution is 2.40. The maximum atomic E-state index is 2.48. The fraction of sp³-hybridized carbons (Fsp3) is 1.00. The van der Waals surface area contributed by atoms with Gasteiger partial charge in [0.1, 0.15) is 0 Å². The highest BCUT2D eigenvalue weighted by atomic mass is 14.3. The minimum absolute atomic E-state index is 0.884. The molecule has 0 spiro atoms. The first kappa shape index (κ1) is 17.0. The Morgan fingerprint density at radius 3 is 1.76 bits per heavy atom. The van der Waals surface area contributed by atoms with Crippen molar-refractivity contribution < 1.29 is 0 Å². The molecule has 104 valence electrons. The third kappa shape index (κ3) is 6.48. The summed E-state index contributed by atoms with van der Waals surface area (Å²) in [6.45, 7) is 16.0. The van der Waals surface area contributed by atoms with Crippen molar-refractivity contribution in [1.29, 1.82) is 0 Å². The fourth-order valence-corrected chi connectivity index (χ4v) is 3.01. The van der Waals surface area contributed by atoms with Gasteiger partial charge in [-0.3, -0.25) is 0 Å². The summed E-state index contributed by atoms with van der Waals surface area (Å²) in [6.07, 6.45) is 7.38. The zero-order chi connectivity index (χ0) is 13.4. The van der Waals surface area contributed by atoms with Crippen molar-refractivity contribution in [2.75, 3.05) is 0 Å². The van der Waals surface area contributed by atoms with E-state index in [0.29, 0.717) is 0 Å². The van der Waals surface area contributed by atoms with Crippen LogP contribution in [-0.2, 0) is 0 Å². The van der Waals surface area contributed by atoms with Crippen LogP contribution in [0.1, 0.15) is 80.6 Å². The van der Waals surface area contributed by atoms with Crippen LogP contribution < -0.4 is 0 Å². The highest BCUT2D eigenvalue weighted by Gasteiger charge is 2.29. The van der Waals surface area contributed by atoms with E-state index in [2.05, 4.69) is 34.6 Å². The Morgan fingerprint density at radius 1 is 0.824 bits per heavy atom. The van der Waals surface area contributed by atoms with Gasteiger partial charge in [-0.1, -0.05) is 61.3 Å². The standard InChI is InChI=1S/C15H30.C2H6/c1-11(2)6-7-13(5)15-9-8-14(10-15)12(3)4;1-2/h11-15H,6-10H2,1-5H3;1-2H3. The first-order valence-corrected chi connectivity index (χ1v) is 8.00. The molecule has 0 nitrogen and oxygen atoms in total. The average Bonchev–Trinajstić information content (AvgIpc) is 2.78. The topological polar surface area (TPSA) is 0 Å². The van der Waals surface area contributed by atoms with E-state index in [1.165, 1.54) is 32.1 Å². The summed E-state index contributed by atoms with van der Waals surface area (Å²) in [5, 5.41) is 0. The lowest BCUT2D eigenvalue weighted by Crippen LogP contribution is -2.11. The zero-order valence-corrected chi connectivity index (χ0v) is 13.4. The summed E-state index contributed by atoms with van der Waals surface area (Å²) in [6, 6.07) is 0. The van der Waals surface area contributed by atoms with Gasteiger partial charge in [-0.05, 0) is 48.9 Å². The second kappa shape index (κ2) is 9.00. The Balaban J connectivity index is 0.00000121. The van der Waals surface area contributed by atoms with Crippen LogP contribution in [0.5, 0.6) is 0 Å². The van der Waals surface area contributed by atoms with E-state index < -0.39 is 0 Å². The van der Waals surface area contributed by atoms with Gasteiger partial charge in [0.15, 0.2) is 0 Å². The van der Waals surface area contributed by atoms with Crippen LogP contribution in [0.4, 0.5) is 0 Å². The molecule has 0 aliphatic heterocycles. The number of hydrogen-bond acceptors (Lipinski definition) is 0. The molecule has 1 aliphatic rings. The van der Waals surface area contributed by atoms with Gasteiger partial charge < -0.3 is 0 Å². The largest absolute Gasteiger partial charge is 0.0683 e. The molecule has 0 N–H and O–H groups in total. The highest BCUT2D eigenvalue weighted by molar-refractivity contribution is 4.80. The van der Waals surface area contributed by atoms with Gasteiger partial charge in [0.25, 0.3) is 0 Å². The van der Waals surface area contributed by atoms with E-state index in [1.807, 2.05) is 13.8 Å². The molecular formula is C17H36. The lowest BCUT2D eigenvalue weighted by Gasteiger charge is -2.21. The van der Waals surface area contributed by atoms with Crippen molar-refractivity contribution in [1.82, 2.24) is 0 Å². The quantitative estimate of drug-likeness (QED) is 0.540. The third-order valence-electron chi connectivity index (χ3n) is 4.46. The van der Waals surface area contributed by atoms with Crippen molar-refractivity contribution in [2.45, 2.75) is 80.6 Å². The molecule has 1 saturated carbocycles. The van der Waals surface area contributed by atoms with Crippen molar-refractivity contribution >= 4 is 0 Å². The predicted octanol–water partition coefficient (Wildman–Crippen LogP) is 6.16. The monoisotopic (exact) mass is 240 g/mol. The molecule has 0 amide bonds. The second-order valence-corrected chi connectivity index (χ2v) is 6.53. The van der Waals surface area contributed by atoms with E-state index in [0.717, 1.165) is 29.6 Å². The van der Waals surface area contributed by atoms with Gasteiger partial charge in [0.2, 0.25) is 0 Å². The smallest absolute Gasteiger partial charge is 0.0386 e. The van der Waals surface area contributed by atoms with Gasteiger partial charge in [-0.2, -0.15) is 0 Å². The molecule has 0 aromatic rings. The Kier molecular flexibility index (Phi) is 9.00. The fourth-order valence-electron chi connectivity index (χ4n) is 3.01. The van der Waals surface area contributed by atoms with Crippen LogP contribution in [0, 0.1) is 29.6 Å². The van der Waals surface area contributed by atoms with Crippen LogP contribution in [-0.4, -0.2) is 0 Å². The number of rotatable bonds is 5. The normalized spacial score (nSPS) is 25.9. The molecule has 3 unspecified atom stereocenters. The van der Waals surface area contributed by atoms with Crippen molar-refractivity contribution in [3.05, 3.63) is 0 Å². The van der Waals surface area contributed by atoms with Crippen LogP contribution in [0.2, 0.25) is 0 Å². The molecule has 1 aliphatic carbocycles. The van der Waals surface area contributed by atoms with Crippen LogP contribution in [0.25, 0.3) is 0 Å². The van der Waals surface area contributed by atoms with Crippen molar-refractivity contribution in [3.63, 3.8) is 0 Å². The van der Waals surface area contributed by atoms with Gasteiger partial charge in [-0.25, -0.2) is 0 Å². The molecular weight excluding hydrogens is 204 g/mol. The average molecular weight is 240 g/mol. The van der Waals surface area contributed by atoms with Crippen LogP contribution in [0.3, 0.4) is 0 Å². The van der Waals surface area contributed by atoms with E-state index in [4.69, 9.17) is 0 Å². The summed E-state index contributed by atoms with van der Waals surface area (Å²) < 4.78 is 0. The summed E-state index contributed by atoms with van der Waals surface area (Å²) in [4.78, 5) is 0. The SMILES string of the molecule is CC.CC(C)CCC(C)C1CCC(C(C)C)C1. The molecule has 0 heterocycles. The molecule has 17 heavy (non-hydrogen) atoms. The molecule has 0 heteroatoms. The molecule has 0 radical (unpaired) electrons. The first-order chi connectivity index (χ1) is 8.00. The lowest BCUT2D eigenvalue weighted by molar-refractivity contribution is 0.297. The Bertz CT molecular complexity index is 169. The summed E-state index contributed by atoms with van der Waals surface area (Å²) >= 11 is 0. The van der Waals surface area contributed by atoms with E-state index in [9.17, 15) is 0 Å². The molecule has 1 fully saturated rings. The summed E-state index contributed by atoms with van der Waals surface area (Å²) in [5.41, 5.74) is 0. The minimum atomic E-state index is 0.884. The minimum Gasteiger partial charge on any atom is -0.0683 e. The molecule has 0 saturated heterocycles. The first-order valence-electron chi connectivity index (χ1n) is 8.00. The lowest BCUT2D eigenvalue weighted by atomic mass is 9.85. The van der Waals surface area contributed by atoms with Crippen LogP contribution in [0.15, 0.2) is 0 Å².